The summed E-state index contributed by atoms with van der Waals surface area (Å²) in [5, 5.41) is 0. The van der Waals surface area contributed by atoms with Gasteiger partial charge < -0.3 is 4.98 Å². The van der Waals surface area contributed by atoms with Crippen LogP contribution in [0.5, 0.6) is 0 Å². The summed E-state index contributed by atoms with van der Waals surface area (Å²) in [6.07, 6.45) is 5.96. The highest BCUT2D eigenvalue weighted by molar-refractivity contribution is 5.22. The van der Waals surface area contributed by atoms with E-state index in [0.29, 0.717) is 6.54 Å². The number of hydrogen-bond acceptors (Lipinski definition) is 5. The summed E-state index contributed by atoms with van der Waals surface area (Å²) in [6.45, 7) is 6.36. The first-order valence-electron chi connectivity index (χ1n) is 7.21. The molecule has 0 aliphatic carbocycles. The molecule has 0 amide bonds. The predicted octanol–water partition coefficient (Wildman–Crippen LogP) is 1.24. The molecule has 3 heterocycles. The lowest BCUT2D eigenvalue weighted by molar-refractivity contribution is 0.240. The molecule has 0 unspecified atom stereocenters. The van der Waals surface area contributed by atoms with Crippen molar-refractivity contribution in [2.24, 2.45) is 0 Å². The molecule has 1 aliphatic rings. The molecule has 0 saturated carbocycles. The standard InChI is InChI=1S/C15H19N5O/c1-10(2)14-18-13-3-4-20(8-12(13)15(21)19-14)7-11-5-16-9-17-6-11/h5-6,9-10H,3-4,7-8H2,1-2H3,(H,18,19,21). The molecule has 0 saturated heterocycles. The molecule has 0 bridgehead atoms. The number of nitrogens with zero attached hydrogens (tertiary/aromatic N) is 4. The lowest BCUT2D eigenvalue weighted by atomic mass is 10.1. The zero-order valence-electron chi connectivity index (χ0n) is 12.3. The first-order valence-corrected chi connectivity index (χ1v) is 7.21. The molecule has 0 radical (unpaired) electrons. The smallest absolute Gasteiger partial charge is 0.255 e. The van der Waals surface area contributed by atoms with E-state index in [1.807, 2.05) is 26.2 Å². The second-order valence-corrected chi connectivity index (χ2v) is 5.74. The van der Waals surface area contributed by atoms with Crippen molar-refractivity contribution in [2.45, 2.75) is 39.3 Å². The van der Waals surface area contributed by atoms with E-state index in [4.69, 9.17) is 0 Å². The van der Waals surface area contributed by atoms with E-state index < -0.39 is 0 Å². The molecule has 2 aromatic rings. The highest BCUT2D eigenvalue weighted by atomic mass is 16.1. The van der Waals surface area contributed by atoms with E-state index in [9.17, 15) is 4.79 Å². The fourth-order valence-corrected chi connectivity index (χ4v) is 2.58. The Morgan fingerprint density at radius 2 is 2.10 bits per heavy atom. The van der Waals surface area contributed by atoms with Crippen molar-refractivity contribution in [3.63, 3.8) is 0 Å². The van der Waals surface area contributed by atoms with Gasteiger partial charge in [-0.05, 0) is 0 Å². The third-order valence-corrected chi connectivity index (χ3v) is 3.73. The van der Waals surface area contributed by atoms with Crippen molar-refractivity contribution in [3.8, 4) is 0 Å². The number of nitrogens with one attached hydrogen (secondary N) is 1. The van der Waals surface area contributed by atoms with Gasteiger partial charge in [-0.1, -0.05) is 13.8 Å². The maximum Gasteiger partial charge on any atom is 0.255 e. The van der Waals surface area contributed by atoms with Crippen LogP contribution in [0.1, 0.15) is 42.4 Å². The Labute approximate surface area is 123 Å². The van der Waals surface area contributed by atoms with Crippen LogP contribution in [0.3, 0.4) is 0 Å². The maximum absolute atomic E-state index is 12.2. The highest BCUT2D eigenvalue weighted by Gasteiger charge is 2.21. The van der Waals surface area contributed by atoms with Crippen molar-refractivity contribution in [1.82, 2.24) is 24.8 Å². The molecule has 21 heavy (non-hydrogen) atoms. The van der Waals surface area contributed by atoms with Crippen LogP contribution < -0.4 is 5.56 Å². The Morgan fingerprint density at radius 1 is 1.33 bits per heavy atom. The Hall–Kier alpha value is -2.08. The van der Waals surface area contributed by atoms with Crippen molar-refractivity contribution >= 4 is 0 Å². The van der Waals surface area contributed by atoms with Gasteiger partial charge in [-0.2, -0.15) is 0 Å². The molecule has 2 aromatic heterocycles. The lowest BCUT2D eigenvalue weighted by Gasteiger charge is -2.27. The van der Waals surface area contributed by atoms with Crippen molar-refractivity contribution in [1.29, 1.82) is 0 Å². The molecule has 1 aliphatic heterocycles. The van der Waals surface area contributed by atoms with Crippen LogP contribution in [-0.4, -0.2) is 31.4 Å². The first-order chi connectivity index (χ1) is 10.1. The van der Waals surface area contributed by atoms with E-state index in [0.717, 1.165) is 42.2 Å². The van der Waals surface area contributed by atoms with E-state index in [1.165, 1.54) is 6.33 Å². The van der Waals surface area contributed by atoms with Gasteiger partial charge in [-0.15, -0.1) is 0 Å². The Kier molecular flexibility index (Phi) is 3.79. The van der Waals surface area contributed by atoms with Crippen molar-refractivity contribution in [3.05, 3.63) is 51.7 Å². The molecule has 3 rings (SSSR count). The molecule has 6 heteroatoms. The van der Waals surface area contributed by atoms with E-state index in [-0.39, 0.29) is 11.5 Å². The largest absolute Gasteiger partial charge is 0.310 e. The fraction of sp³-hybridized carbons (Fsp3) is 0.467. The van der Waals surface area contributed by atoms with E-state index in [2.05, 4.69) is 24.8 Å². The molecule has 0 aromatic carbocycles. The number of fused-ring (bicyclic) bond motifs is 1. The van der Waals surface area contributed by atoms with Crippen LogP contribution in [0.15, 0.2) is 23.5 Å². The predicted molar refractivity (Wildman–Crippen MR) is 78.8 cm³/mol. The molecule has 1 N–H and O–H groups in total. The summed E-state index contributed by atoms with van der Waals surface area (Å²) in [5.74, 6) is 1.02. The second-order valence-electron chi connectivity index (χ2n) is 5.74. The fourth-order valence-electron chi connectivity index (χ4n) is 2.58. The van der Waals surface area contributed by atoms with Crippen LogP contribution in [0.25, 0.3) is 0 Å². The van der Waals surface area contributed by atoms with E-state index in [1.54, 1.807) is 0 Å². The summed E-state index contributed by atoms with van der Waals surface area (Å²) < 4.78 is 0. The summed E-state index contributed by atoms with van der Waals surface area (Å²) in [7, 11) is 0. The maximum atomic E-state index is 12.2. The summed E-state index contributed by atoms with van der Waals surface area (Å²) in [5.41, 5.74) is 2.80. The molecular weight excluding hydrogens is 266 g/mol. The third-order valence-electron chi connectivity index (χ3n) is 3.73. The minimum absolute atomic E-state index is 0.00212. The van der Waals surface area contributed by atoms with Gasteiger partial charge in [0.05, 0.1) is 11.3 Å². The van der Waals surface area contributed by atoms with Crippen LogP contribution in [0.4, 0.5) is 0 Å². The molecule has 0 atom stereocenters. The lowest BCUT2D eigenvalue weighted by Crippen LogP contribution is -2.36. The third kappa shape index (κ3) is 3.00. The normalized spacial score (nSPS) is 15.2. The molecule has 0 spiro atoms. The van der Waals surface area contributed by atoms with Crippen molar-refractivity contribution in [2.75, 3.05) is 6.54 Å². The summed E-state index contributed by atoms with van der Waals surface area (Å²) in [4.78, 5) is 30.0. The minimum Gasteiger partial charge on any atom is -0.310 e. The van der Waals surface area contributed by atoms with Gasteiger partial charge in [-0.3, -0.25) is 9.69 Å². The zero-order chi connectivity index (χ0) is 14.8. The number of H-pyrrole nitrogens is 1. The average molecular weight is 285 g/mol. The van der Waals surface area contributed by atoms with Gasteiger partial charge in [0, 0.05) is 49.9 Å². The van der Waals surface area contributed by atoms with Gasteiger partial charge in [-0.25, -0.2) is 15.0 Å². The first kappa shape index (κ1) is 13.9. The number of hydrogen-bond donors (Lipinski definition) is 1. The van der Waals surface area contributed by atoms with Crippen LogP contribution in [-0.2, 0) is 19.5 Å². The topological polar surface area (TPSA) is 74.8 Å². The van der Waals surface area contributed by atoms with Crippen LogP contribution >= 0.6 is 0 Å². The van der Waals surface area contributed by atoms with Gasteiger partial charge in [0.15, 0.2) is 0 Å². The summed E-state index contributed by atoms with van der Waals surface area (Å²) >= 11 is 0. The van der Waals surface area contributed by atoms with Crippen LogP contribution in [0, 0.1) is 0 Å². The molecule has 6 nitrogen and oxygen atoms in total. The molecule has 110 valence electrons. The van der Waals surface area contributed by atoms with Gasteiger partial charge in [0.2, 0.25) is 0 Å². The van der Waals surface area contributed by atoms with Gasteiger partial charge in [0.1, 0.15) is 12.2 Å². The van der Waals surface area contributed by atoms with Crippen molar-refractivity contribution < 1.29 is 0 Å². The summed E-state index contributed by atoms with van der Waals surface area (Å²) in [6, 6.07) is 0. The molecular formula is C15H19N5O. The highest BCUT2D eigenvalue weighted by Crippen LogP contribution is 2.17. The monoisotopic (exact) mass is 285 g/mol. The average Bonchev–Trinajstić information content (AvgIpc) is 2.48. The Bertz CT molecular complexity index is 680. The quantitative estimate of drug-likeness (QED) is 0.918. The second kappa shape index (κ2) is 5.73. The zero-order valence-corrected chi connectivity index (χ0v) is 12.3. The van der Waals surface area contributed by atoms with Gasteiger partial charge in [0.25, 0.3) is 5.56 Å². The van der Waals surface area contributed by atoms with Crippen LogP contribution in [0.2, 0.25) is 0 Å². The number of aromatic amines is 1. The SMILES string of the molecule is CC(C)c1nc2c(c(=O)[nH]1)CN(Cc1cncnc1)CC2. The van der Waals surface area contributed by atoms with E-state index >= 15 is 0 Å². The molecule has 0 fully saturated rings. The minimum atomic E-state index is -0.00212. The number of rotatable bonds is 3. The Morgan fingerprint density at radius 3 is 2.81 bits per heavy atom. The number of aromatic nitrogens is 4. The Balaban J connectivity index is 1.81. The van der Waals surface area contributed by atoms with Gasteiger partial charge >= 0.3 is 0 Å².